The van der Waals surface area contributed by atoms with Gasteiger partial charge in [-0.1, -0.05) is 24.3 Å². The predicted molar refractivity (Wildman–Crippen MR) is 93.5 cm³/mol. The topological polar surface area (TPSA) is 101 Å². The van der Waals surface area contributed by atoms with E-state index in [0.29, 0.717) is 0 Å². The summed E-state index contributed by atoms with van der Waals surface area (Å²) in [5.41, 5.74) is 19.0. The highest BCUT2D eigenvalue weighted by Crippen LogP contribution is 2.35. The van der Waals surface area contributed by atoms with Gasteiger partial charge in [0.15, 0.2) is 5.11 Å². The molecule has 0 aliphatic rings. The molecular formula is C13H14N6S2. The molecule has 2 aromatic carbocycles. The van der Waals surface area contributed by atoms with Crippen LogP contribution in [-0.4, -0.2) is 10.2 Å². The van der Waals surface area contributed by atoms with Crippen LogP contribution in [0.2, 0.25) is 0 Å². The first kappa shape index (κ1) is 15.1. The first-order valence-corrected chi connectivity index (χ1v) is 6.85. The molecule has 2 aromatic rings. The molecule has 0 atom stereocenters. The Hall–Kier alpha value is -2.32. The lowest BCUT2D eigenvalue weighted by atomic mass is 10.0. The van der Waals surface area contributed by atoms with Crippen molar-refractivity contribution in [2.24, 2.45) is 21.7 Å². The zero-order chi connectivity index (χ0) is 15.4. The van der Waals surface area contributed by atoms with Gasteiger partial charge in [0.25, 0.3) is 0 Å². The Labute approximate surface area is 132 Å². The maximum atomic E-state index is 5.43. The van der Waals surface area contributed by atoms with Crippen LogP contribution in [0.25, 0.3) is 10.8 Å². The van der Waals surface area contributed by atoms with E-state index in [0.717, 1.165) is 27.7 Å². The number of nitrogens with zero attached hydrogens (tertiary/aromatic N) is 2. The molecule has 0 heterocycles. The highest BCUT2D eigenvalue weighted by atomic mass is 32.1. The minimum atomic E-state index is -0.00386. The zero-order valence-electron chi connectivity index (χ0n) is 11.3. The number of benzene rings is 2. The predicted octanol–water partition coefficient (Wildman–Crippen LogP) is 2.64. The lowest BCUT2D eigenvalue weighted by molar-refractivity contribution is 1.13. The molecule has 21 heavy (non-hydrogen) atoms. The van der Waals surface area contributed by atoms with Crippen molar-refractivity contribution in [2.75, 3.05) is 5.43 Å². The minimum Gasteiger partial charge on any atom is -0.375 e. The summed E-state index contributed by atoms with van der Waals surface area (Å²) in [6.45, 7) is 1.92. The van der Waals surface area contributed by atoms with E-state index in [1.165, 1.54) is 0 Å². The number of rotatable bonds is 3. The van der Waals surface area contributed by atoms with E-state index < -0.39 is 0 Å². The third kappa shape index (κ3) is 3.61. The summed E-state index contributed by atoms with van der Waals surface area (Å²) in [6.07, 6.45) is 0. The Bertz CT molecular complexity index is 741. The number of hydrazine groups is 1. The Kier molecular flexibility index (Phi) is 4.61. The number of nitrogens with two attached hydrogens (primary N) is 2. The molecule has 0 amide bonds. The number of azo groups is 1. The molecule has 0 aliphatic carbocycles. The molecular weight excluding hydrogens is 304 g/mol. The molecule has 0 unspecified atom stereocenters. The van der Waals surface area contributed by atoms with Crippen LogP contribution in [-0.2, 0) is 0 Å². The largest absolute Gasteiger partial charge is 0.375 e. The van der Waals surface area contributed by atoms with Crippen LogP contribution in [0.5, 0.6) is 0 Å². The van der Waals surface area contributed by atoms with Crippen molar-refractivity contribution in [3.8, 4) is 0 Å². The number of anilines is 1. The molecule has 0 aliphatic heterocycles. The summed E-state index contributed by atoms with van der Waals surface area (Å²) < 4.78 is 0. The average molecular weight is 318 g/mol. The van der Waals surface area contributed by atoms with Crippen LogP contribution in [0.3, 0.4) is 0 Å². The van der Waals surface area contributed by atoms with Gasteiger partial charge in [0.05, 0.1) is 11.4 Å². The quantitative estimate of drug-likeness (QED) is 0.394. The highest BCUT2D eigenvalue weighted by Gasteiger charge is 2.09. The third-order valence-corrected chi connectivity index (χ3v) is 2.96. The fourth-order valence-electron chi connectivity index (χ4n) is 1.96. The minimum absolute atomic E-state index is 0.00386. The Morgan fingerprint density at radius 1 is 1.14 bits per heavy atom. The van der Waals surface area contributed by atoms with Gasteiger partial charge in [-0.05, 0) is 43.0 Å². The summed E-state index contributed by atoms with van der Waals surface area (Å²) in [5, 5.41) is 9.92. The normalized spacial score (nSPS) is 10.7. The Balaban J connectivity index is 2.57. The summed E-state index contributed by atoms with van der Waals surface area (Å²) in [6, 6.07) is 9.67. The molecule has 6 nitrogen and oxygen atoms in total. The fraction of sp³-hybridized carbons (Fsp3) is 0.0769. The standard InChI is InChI=1S/C13H14N6S2/c1-7-6-10(16-18-12(14)20)8-4-2-3-5-9(8)11(7)17-19-13(15)21/h2-6,16H,1H3,(H2,15,21)(H3,14,18,20). The van der Waals surface area contributed by atoms with Crippen LogP contribution >= 0.6 is 24.4 Å². The summed E-state index contributed by atoms with van der Waals surface area (Å²) in [4.78, 5) is 0. The number of thiocarbonyl (C=S) groups is 2. The molecule has 0 radical (unpaired) electrons. The molecule has 6 N–H and O–H groups in total. The number of hydrogen-bond acceptors (Lipinski definition) is 4. The van der Waals surface area contributed by atoms with Crippen LogP contribution in [0.1, 0.15) is 5.56 Å². The lowest BCUT2D eigenvalue weighted by Gasteiger charge is -2.13. The Morgan fingerprint density at radius 2 is 1.81 bits per heavy atom. The summed E-state index contributed by atoms with van der Waals surface area (Å²) in [7, 11) is 0. The number of aryl methyl sites for hydroxylation is 1. The first-order valence-electron chi connectivity index (χ1n) is 6.04. The van der Waals surface area contributed by atoms with Gasteiger partial charge in [0.1, 0.15) is 0 Å². The van der Waals surface area contributed by atoms with Gasteiger partial charge in [0.2, 0.25) is 5.11 Å². The van der Waals surface area contributed by atoms with E-state index in [9.17, 15) is 0 Å². The van der Waals surface area contributed by atoms with Crippen LogP contribution < -0.4 is 22.3 Å². The zero-order valence-corrected chi connectivity index (χ0v) is 12.9. The molecule has 0 saturated heterocycles. The van der Waals surface area contributed by atoms with Gasteiger partial charge in [-0.15, -0.1) is 10.2 Å². The first-order chi connectivity index (χ1) is 9.99. The van der Waals surface area contributed by atoms with Crippen molar-refractivity contribution in [3.63, 3.8) is 0 Å². The van der Waals surface area contributed by atoms with Gasteiger partial charge in [0, 0.05) is 10.8 Å². The molecule has 8 heteroatoms. The van der Waals surface area contributed by atoms with Crippen molar-refractivity contribution in [3.05, 3.63) is 35.9 Å². The van der Waals surface area contributed by atoms with E-state index in [1.807, 2.05) is 37.3 Å². The van der Waals surface area contributed by atoms with Gasteiger partial charge in [-0.25, -0.2) is 0 Å². The van der Waals surface area contributed by atoms with E-state index >= 15 is 0 Å². The van der Waals surface area contributed by atoms with Crippen molar-refractivity contribution in [1.82, 2.24) is 5.43 Å². The second-order valence-electron chi connectivity index (χ2n) is 4.29. The molecule has 0 bridgehead atoms. The molecule has 0 saturated carbocycles. The summed E-state index contributed by atoms with van der Waals surface area (Å²) in [5.74, 6) is 0. The second kappa shape index (κ2) is 6.42. The molecule has 0 fully saturated rings. The monoisotopic (exact) mass is 318 g/mol. The maximum absolute atomic E-state index is 5.43. The third-order valence-electron chi connectivity index (χ3n) is 2.78. The van der Waals surface area contributed by atoms with E-state index in [-0.39, 0.29) is 10.2 Å². The van der Waals surface area contributed by atoms with Crippen LogP contribution in [0.4, 0.5) is 11.4 Å². The second-order valence-corrected chi connectivity index (χ2v) is 5.15. The van der Waals surface area contributed by atoms with Crippen LogP contribution in [0, 0.1) is 6.92 Å². The van der Waals surface area contributed by atoms with Crippen molar-refractivity contribution >= 4 is 56.8 Å². The molecule has 0 aromatic heterocycles. The maximum Gasteiger partial charge on any atom is 0.211 e. The molecule has 0 spiro atoms. The average Bonchev–Trinajstić information content (AvgIpc) is 2.43. The SMILES string of the molecule is Cc1cc(NNC(N)=S)c2ccccc2c1N=NC(N)=S. The number of hydrogen-bond donors (Lipinski definition) is 4. The smallest absolute Gasteiger partial charge is 0.211 e. The van der Waals surface area contributed by atoms with Crippen molar-refractivity contribution < 1.29 is 0 Å². The van der Waals surface area contributed by atoms with Crippen molar-refractivity contribution in [2.45, 2.75) is 6.92 Å². The van der Waals surface area contributed by atoms with Crippen molar-refractivity contribution in [1.29, 1.82) is 0 Å². The fourth-order valence-corrected chi connectivity index (χ4v) is 2.06. The van der Waals surface area contributed by atoms with Crippen LogP contribution in [0.15, 0.2) is 40.6 Å². The van der Waals surface area contributed by atoms with E-state index in [2.05, 4.69) is 21.1 Å². The van der Waals surface area contributed by atoms with Gasteiger partial charge < -0.3 is 11.5 Å². The number of fused-ring (bicyclic) bond motifs is 1. The van der Waals surface area contributed by atoms with Gasteiger partial charge in [-0.3, -0.25) is 10.9 Å². The van der Waals surface area contributed by atoms with Gasteiger partial charge >= 0.3 is 0 Å². The van der Waals surface area contributed by atoms with E-state index in [4.69, 9.17) is 35.9 Å². The molecule has 2 rings (SSSR count). The lowest BCUT2D eigenvalue weighted by Crippen LogP contribution is -2.34. The molecule has 108 valence electrons. The van der Waals surface area contributed by atoms with E-state index in [1.54, 1.807) is 0 Å². The Morgan fingerprint density at radius 3 is 2.43 bits per heavy atom. The summed E-state index contributed by atoms with van der Waals surface area (Å²) >= 11 is 9.51. The number of nitrogens with one attached hydrogen (secondary N) is 2. The highest BCUT2D eigenvalue weighted by molar-refractivity contribution is 7.80. The van der Waals surface area contributed by atoms with Gasteiger partial charge in [-0.2, -0.15) is 0 Å².